The van der Waals surface area contributed by atoms with E-state index in [1.54, 1.807) is 0 Å². The standard InChI is InChI=1S/C84H164O17P2/c1-9-76(7)62-54-46-38-32-26-19-15-13-11-12-14-16-20-28-34-40-50-58-66-84(89)101-80(71-95-82(87)65-57-49-43-42-47-55-63-77(8)10-2)73-99-103(92,93)97-69-78(85)68-96-102(90,91)98-72-79(70-94-81(86)64-56-48-39-33-27-23-22-25-31-37-45-53-61-75(5)6)100-83(88)67-59-51-41-35-29-21-17-18-24-30-36-44-52-60-74(3)4/h74-80,85H,9-73H2,1-8H3,(H,90,91)(H,92,93)/t76?,77?,78-,79-,80-/m1/s1. The fourth-order valence-corrected chi connectivity index (χ4v) is 14.5. The van der Waals surface area contributed by atoms with Gasteiger partial charge >= 0.3 is 39.5 Å². The van der Waals surface area contributed by atoms with E-state index in [4.69, 9.17) is 37.0 Å². The second-order valence-corrected chi connectivity index (χ2v) is 34.6. The van der Waals surface area contributed by atoms with Crippen molar-refractivity contribution in [3.05, 3.63) is 0 Å². The number of ether oxygens (including phenoxy) is 4. The van der Waals surface area contributed by atoms with Crippen LogP contribution in [0.3, 0.4) is 0 Å². The smallest absolute Gasteiger partial charge is 0.462 e. The van der Waals surface area contributed by atoms with E-state index in [9.17, 15) is 43.2 Å². The second kappa shape index (κ2) is 72.9. The minimum atomic E-state index is -4.96. The van der Waals surface area contributed by atoms with E-state index in [1.807, 2.05) is 0 Å². The highest BCUT2D eigenvalue weighted by Crippen LogP contribution is 2.45. The zero-order valence-corrected chi connectivity index (χ0v) is 69.7. The molecule has 4 unspecified atom stereocenters. The molecule has 0 radical (unpaired) electrons. The Morgan fingerprint density at radius 3 is 0.689 bits per heavy atom. The number of aliphatic hydroxyl groups excluding tert-OH is 1. The van der Waals surface area contributed by atoms with Crippen LogP contribution in [0.5, 0.6) is 0 Å². The van der Waals surface area contributed by atoms with Crippen molar-refractivity contribution in [2.75, 3.05) is 39.6 Å². The van der Waals surface area contributed by atoms with Gasteiger partial charge in [0.15, 0.2) is 12.2 Å². The third kappa shape index (κ3) is 75.3. The summed E-state index contributed by atoms with van der Waals surface area (Å²) in [5.74, 6) is 1.06. The van der Waals surface area contributed by atoms with Gasteiger partial charge in [0.1, 0.15) is 19.3 Å². The molecule has 612 valence electrons. The van der Waals surface area contributed by atoms with E-state index < -0.39 is 97.5 Å². The Bertz CT molecular complexity index is 2010. The molecule has 0 bridgehead atoms. The van der Waals surface area contributed by atoms with Crippen LogP contribution >= 0.6 is 15.6 Å². The summed E-state index contributed by atoms with van der Waals surface area (Å²) in [5, 5.41) is 10.7. The average Bonchev–Trinajstić information content (AvgIpc) is 0.912. The molecule has 0 saturated carbocycles. The number of rotatable bonds is 81. The molecule has 7 atom stereocenters. The van der Waals surface area contributed by atoms with Crippen LogP contribution in [0.2, 0.25) is 0 Å². The molecule has 0 amide bonds. The normalized spacial score (nSPS) is 14.5. The number of phosphoric ester groups is 2. The van der Waals surface area contributed by atoms with Crippen molar-refractivity contribution in [1.82, 2.24) is 0 Å². The third-order valence-electron chi connectivity index (χ3n) is 20.3. The van der Waals surface area contributed by atoms with Gasteiger partial charge in [-0.3, -0.25) is 37.3 Å². The van der Waals surface area contributed by atoms with Crippen LogP contribution in [0, 0.1) is 23.7 Å². The SMILES string of the molecule is CCC(C)CCCCCCCCCCCCCCCCCCCCC(=O)O[C@H](COC(=O)CCCCCCCCC(C)CC)COP(=O)(O)OC[C@H](O)COP(=O)(O)OC[C@@H](COC(=O)CCCCCCCCCCCCCCC(C)C)OC(=O)CCCCCCCCCCCCCCCC(C)C. The fourth-order valence-electron chi connectivity index (χ4n) is 12.9. The molecular weight excluding hydrogens is 1340 g/mol. The molecule has 0 aromatic rings. The Hall–Kier alpha value is -1.94. The molecule has 0 aliphatic rings. The van der Waals surface area contributed by atoms with E-state index in [2.05, 4.69) is 55.4 Å². The maximum Gasteiger partial charge on any atom is 0.472 e. The van der Waals surface area contributed by atoms with Crippen molar-refractivity contribution in [1.29, 1.82) is 0 Å². The van der Waals surface area contributed by atoms with Gasteiger partial charge in [-0.15, -0.1) is 0 Å². The minimum absolute atomic E-state index is 0.107. The second-order valence-electron chi connectivity index (χ2n) is 31.7. The zero-order chi connectivity index (χ0) is 76.0. The molecule has 0 spiro atoms. The summed E-state index contributed by atoms with van der Waals surface area (Å²) in [6.45, 7) is 14.3. The highest BCUT2D eigenvalue weighted by atomic mass is 31.2. The number of esters is 4. The summed E-state index contributed by atoms with van der Waals surface area (Å²) >= 11 is 0. The molecule has 0 aliphatic carbocycles. The first kappa shape index (κ1) is 101. The van der Waals surface area contributed by atoms with Gasteiger partial charge in [-0.2, -0.15) is 0 Å². The van der Waals surface area contributed by atoms with Crippen LogP contribution in [0.4, 0.5) is 0 Å². The van der Waals surface area contributed by atoms with Gasteiger partial charge in [-0.1, -0.05) is 383 Å². The van der Waals surface area contributed by atoms with Crippen molar-refractivity contribution in [3.8, 4) is 0 Å². The largest absolute Gasteiger partial charge is 0.472 e. The van der Waals surface area contributed by atoms with Crippen LogP contribution < -0.4 is 0 Å². The maximum absolute atomic E-state index is 13.1. The van der Waals surface area contributed by atoms with E-state index in [-0.39, 0.29) is 25.7 Å². The van der Waals surface area contributed by atoms with Crippen molar-refractivity contribution >= 4 is 39.5 Å². The van der Waals surface area contributed by atoms with Crippen molar-refractivity contribution in [2.24, 2.45) is 23.7 Å². The van der Waals surface area contributed by atoms with Crippen molar-refractivity contribution in [3.63, 3.8) is 0 Å². The molecule has 0 saturated heterocycles. The highest BCUT2D eigenvalue weighted by Gasteiger charge is 2.30. The number of unbranched alkanes of at least 4 members (excludes halogenated alkanes) is 45. The Balaban J connectivity index is 5.21. The van der Waals surface area contributed by atoms with Gasteiger partial charge in [0.05, 0.1) is 26.4 Å². The monoisotopic (exact) mass is 1510 g/mol. The minimum Gasteiger partial charge on any atom is -0.462 e. The quantitative estimate of drug-likeness (QED) is 0.0222. The van der Waals surface area contributed by atoms with E-state index in [0.29, 0.717) is 25.7 Å². The molecule has 0 aliphatic heterocycles. The van der Waals surface area contributed by atoms with Crippen LogP contribution in [0.1, 0.15) is 434 Å². The van der Waals surface area contributed by atoms with Gasteiger partial charge in [0.2, 0.25) is 0 Å². The molecule has 0 aromatic carbocycles. The molecule has 19 heteroatoms. The van der Waals surface area contributed by atoms with Crippen LogP contribution in [0.15, 0.2) is 0 Å². The van der Waals surface area contributed by atoms with Crippen molar-refractivity contribution in [2.45, 2.75) is 453 Å². The topological polar surface area (TPSA) is 237 Å². The Morgan fingerprint density at radius 1 is 0.272 bits per heavy atom. The molecular formula is C84H164O17P2. The predicted molar refractivity (Wildman–Crippen MR) is 423 cm³/mol. The van der Waals surface area contributed by atoms with Gasteiger partial charge < -0.3 is 33.8 Å². The highest BCUT2D eigenvalue weighted by molar-refractivity contribution is 7.47. The van der Waals surface area contributed by atoms with E-state index in [1.165, 1.54) is 231 Å². The first-order valence-corrected chi connectivity index (χ1v) is 46.3. The lowest BCUT2D eigenvalue weighted by molar-refractivity contribution is -0.161. The third-order valence-corrected chi connectivity index (χ3v) is 22.2. The lowest BCUT2D eigenvalue weighted by atomic mass is 9.99. The van der Waals surface area contributed by atoms with Gasteiger partial charge in [0.25, 0.3) is 0 Å². The van der Waals surface area contributed by atoms with E-state index in [0.717, 1.165) is 120 Å². The Morgan fingerprint density at radius 2 is 0.466 bits per heavy atom. The summed E-state index contributed by atoms with van der Waals surface area (Å²) in [6.07, 6.45) is 61.1. The molecule has 17 nitrogen and oxygen atoms in total. The lowest BCUT2D eigenvalue weighted by Crippen LogP contribution is -2.30. The van der Waals surface area contributed by atoms with Crippen LogP contribution in [-0.2, 0) is 65.4 Å². The molecule has 0 rings (SSSR count). The summed E-state index contributed by atoms with van der Waals surface area (Å²) in [4.78, 5) is 73.1. The summed E-state index contributed by atoms with van der Waals surface area (Å²) in [6, 6.07) is 0. The molecule has 0 aromatic heterocycles. The Kier molecular flexibility index (Phi) is 71.5. The molecule has 3 N–H and O–H groups in total. The first-order valence-electron chi connectivity index (χ1n) is 43.3. The maximum atomic E-state index is 13.1. The van der Waals surface area contributed by atoms with Crippen LogP contribution in [0.25, 0.3) is 0 Å². The number of carbonyl (C=O) groups excluding carboxylic acids is 4. The van der Waals surface area contributed by atoms with Crippen molar-refractivity contribution < 1.29 is 80.2 Å². The predicted octanol–water partition coefficient (Wildman–Crippen LogP) is 25.2. The molecule has 0 heterocycles. The summed E-state index contributed by atoms with van der Waals surface area (Å²) in [5.41, 5.74) is 0. The average molecular weight is 1510 g/mol. The number of hydrogen-bond acceptors (Lipinski definition) is 15. The molecule has 103 heavy (non-hydrogen) atoms. The summed E-state index contributed by atoms with van der Waals surface area (Å²) in [7, 11) is -9.93. The lowest BCUT2D eigenvalue weighted by Gasteiger charge is -2.21. The zero-order valence-electron chi connectivity index (χ0n) is 68.0. The Labute approximate surface area is 632 Å². The fraction of sp³-hybridized carbons (Fsp3) is 0.952. The summed E-state index contributed by atoms with van der Waals surface area (Å²) < 4.78 is 68.8. The van der Waals surface area contributed by atoms with Gasteiger partial charge in [-0.25, -0.2) is 9.13 Å². The first-order chi connectivity index (χ1) is 49.7. The number of hydrogen-bond donors (Lipinski definition) is 3. The number of aliphatic hydroxyl groups is 1. The van der Waals surface area contributed by atoms with Gasteiger partial charge in [0, 0.05) is 25.7 Å². The van der Waals surface area contributed by atoms with Crippen LogP contribution in [-0.4, -0.2) is 96.7 Å². The number of phosphoric acid groups is 2. The number of carbonyl (C=O) groups is 4. The molecule has 0 fully saturated rings. The van der Waals surface area contributed by atoms with Gasteiger partial charge in [-0.05, 0) is 49.4 Å². The van der Waals surface area contributed by atoms with E-state index >= 15 is 0 Å².